The van der Waals surface area contributed by atoms with Gasteiger partial charge in [0.25, 0.3) is 0 Å². The maximum atomic E-state index is 11.1. The topological polar surface area (TPSA) is 64.6 Å². The van der Waals surface area contributed by atoms with Crippen LogP contribution in [0.3, 0.4) is 0 Å². The number of hydrogen-bond donors (Lipinski definition) is 1. The van der Waals surface area contributed by atoms with E-state index in [2.05, 4.69) is 14.8 Å². The molecule has 0 saturated carbocycles. The molecule has 1 atom stereocenters. The molecule has 94 valence electrons. The largest absolute Gasteiger partial charge is 0.469 e. The maximum absolute atomic E-state index is 11.1. The minimum absolute atomic E-state index is 0.126. The van der Waals surface area contributed by atoms with Gasteiger partial charge in [0.05, 0.1) is 14.2 Å². The van der Waals surface area contributed by atoms with E-state index in [-0.39, 0.29) is 23.8 Å². The molecule has 5 nitrogen and oxygen atoms in total. The van der Waals surface area contributed by atoms with Gasteiger partial charge in [0.15, 0.2) is 0 Å². The average molecular weight is 231 g/mol. The van der Waals surface area contributed by atoms with Crippen LogP contribution in [-0.4, -0.2) is 32.3 Å². The van der Waals surface area contributed by atoms with Crippen LogP contribution in [0.4, 0.5) is 4.79 Å². The average Bonchev–Trinajstić information content (AvgIpc) is 2.21. The Hall–Kier alpha value is -1.26. The van der Waals surface area contributed by atoms with Crippen molar-refractivity contribution in [3.8, 4) is 0 Å². The smallest absolute Gasteiger partial charge is 0.407 e. The summed E-state index contributed by atoms with van der Waals surface area (Å²) in [6, 6.07) is -0.126. The molecule has 0 rings (SSSR count). The minimum atomic E-state index is -0.482. The van der Waals surface area contributed by atoms with Gasteiger partial charge in [-0.3, -0.25) is 4.79 Å². The van der Waals surface area contributed by atoms with E-state index in [1.165, 1.54) is 14.2 Å². The van der Waals surface area contributed by atoms with Gasteiger partial charge in [0, 0.05) is 12.5 Å². The summed E-state index contributed by atoms with van der Waals surface area (Å²) in [5.41, 5.74) is -0.137. The standard InChI is InChI=1S/C11H21NO4/c1-11(2,3)8(12-10(14)16-5)6-7-9(13)15-4/h8H,6-7H2,1-5H3,(H,12,14). The summed E-state index contributed by atoms with van der Waals surface area (Å²) in [5.74, 6) is -0.277. The third-order valence-electron chi connectivity index (χ3n) is 2.39. The van der Waals surface area contributed by atoms with Crippen molar-refractivity contribution in [1.82, 2.24) is 5.32 Å². The number of carbonyl (C=O) groups is 2. The van der Waals surface area contributed by atoms with Gasteiger partial charge in [-0.25, -0.2) is 4.79 Å². The number of alkyl carbamates (subject to hydrolysis) is 1. The zero-order valence-corrected chi connectivity index (χ0v) is 10.6. The Kier molecular flexibility index (Phi) is 5.85. The lowest BCUT2D eigenvalue weighted by Crippen LogP contribution is -2.44. The summed E-state index contributed by atoms with van der Waals surface area (Å²) < 4.78 is 9.10. The second kappa shape index (κ2) is 6.35. The highest BCUT2D eigenvalue weighted by molar-refractivity contribution is 5.70. The summed E-state index contributed by atoms with van der Waals surface area (Å²) in [7, 11) is 2.66. The van der Waals surface area contributed by atoms with Crippen molar-refractivity contribution in [2.45, 2.75) is 39.7 Å². The number of nitrogens with one attached hydrogen (secondary N) is 1. The molecule has 0 aliphatic carbocycles. The third-order valence-corrected chi connectivity index (χ3v) is 2.39. The van der Waals surface area contributed by atoms with Crippen molar-refractivity contribution in [2.75, 3.05) is 14.2 Å². The number of ether oxygens (including phenoxy) is 2. The van der Waals surface area contributed by atoms with Crippen molar-refractivity contribution < 1.29 is 19.1 Å². The van der Waals surface area contributed by atoms with Gasteiger partial charge in [0.2, 0.25) is 0 Å². The Morgan fingerprint density at radius 1 is 1.19 bits per heavy atom. The lowest BCUT2D eigenvalue weighted by molar-refractivity contribution is -0.140. The molecule has 0 heterocycles. The predicted molar refractivity (Wildman–Crippen MR) is 60.0 cm³/mol. The van der Waals surface area contributed by atoms with Crippen LogP contribution in [0.15, 0.2) is 0 Å². The second-order valence-electron chi connectivity index (χ2n) is 4.67. The van der Waals surface area contributed by atoms with Crippen molar-refractivity contribution in [2.24, 2.45) is 5.41 Å². The van der Waals surface area contributed by atoms with Gasteiger partial charge in [0.1, 0.15) is 0 Å². The molecule has 1 unspecified atom stereocenters. The molecule has 0 saturated heterocycles. The van der Waals surface area contributed by atoms with E-state index >= 15 is 0 Å². The van der Waals surface area contributed by atoms with Crippen LogP contribution in [0.5, 0.6) is 0 Å². The fourth-order valence-electron chi connectivity index (χ4n) is 1.29. The van der Waals surface area contributed by atoms with Gasteiger partial charge in [-0.2, -0.15) is 0 Å². The molecular weight excluding hydrogens is 210 g/mol. The molecular formula is C11H21NO4. The normalized spacial score (nSPS) is 12.8. The zero-order valence-electron chi connectivity index (χ0n) is 10.6. The van der Waals surface area contributed by atoms with Gasteiger partial charge in [-0.05, 0) is 11.8 Å². The van der Waals surface area contributed by atoms with E-state index in [0.717, 1.165) is 0 Å². The van der Waals surface area contributed by atoms with E-state index in [0.29, 0.717) is 6.42 Å². The first-order valence-electron chi connectivity index (χ1n) is 5.22. The monoisotopic (exact) mass is 231 g/mol. The number of methoxy groups -OCH3 is 2. The molecule has 0 bridgehead atoms. The molecule has 0 aliphatic heterocycles. The summed E-state index contributed by atoms with van der Waals surface area (Å²) in [6.45, 7) is 5.97. The van der Waals surface area contributed by atoms with Crippen molar-refractivity contribution in [3.63, 3.8) is 0 Å². The Bertz CT molecular complexity index is 245. The Morgan fingerprint density at radius 3 is 2.12 bits per heavy atom. The number of carbonyl (C=O) groups excluding carboxylic acids is 2. The highest BCUT2D eigenvalue weighted by Gasteiger charge is 2.27. The third kappa shape index (κ3) is 5.58. The van der Waals surface area contributed by atoms with Gasteiger partial charge < -0.3 is 14.8 Å². The SMILES string of the molecule is COC(=O)CCC(NC(=O)OC)C(C)(C)C. The first-order valence-corrected chi connectivity index (χ1v) is 5.22. The van der Waals surface area contributed by atoms with Crippen molar-refractivity contribution in [1.29, 1.82) is 0 Å². The predicted octanol–water partition coefficient (Wildman–Crippen LogP) is 1.71. The maximum Gasteiger partial charge on any atom is 0.407 e. The number of amides is 1. The highest BCUT2D eigenvalue weighted by Crippen LogP contribution is 2.23. The molecule has 0 radical (unpaired) electrons. The molecule has 16 heavy (non-hydrogen) atoms. The molecule has 5 heteroatoms. The zero-order chi connectivity index (χ0) is 12.8. The first-order chi connectivity index (χ1) is 7.31. The van der Waals surface area contributed by atoms with Crippen LogP contribution in [0.25, 0.3) is 0 Å². The summed E-state index contributed by atoms with van der Waals surface area (Å²) in [4.78, 5) is 22.2. The molecule has 0 fully saturated rings. The van der Waals surface area contributed by atoms with Crippen molar-refractivity contribution in [3.05, 3.63) is 0 Å². The Labute approximate surface area is 96.5 Å². The van der Waals surface area contributed by atoms with Crippen LogP contribution in [0.2, 0.25) is 0 Å². The van der Waals surface area contributed by atoms with Crippen LogP contribution in [0.1, 0.15) is 33.6 Å². The number of hydrogen-bond acceptors (Lipinski definition) is 4. The Morgan fingerprint density at radius 2 is 1.75 bits per heavy atom. The fraction of sp³-hybridized carbons (Fsp3) is 0.818. The summed E-state index contributed by atoms with van der Waals surface area (Å²) >= 11 is 0. The quantitative estimate of drug-likeness (QED) is 0.748. The van der Waals surface area contributed by atoms with Crippen molar-refractivity contribution >= 4 is 12.1 Å². The van der Waals surface area contributed by atoms with E-state index in [9.17, 15) is 9.59 Å². The van der Waals surface area contributed by atoms with Crippen LogP contribution < -0.4 is 5.32 Å². The second-order valence-corrected chi connectivity index (χ2v) is 4.67. The first kappa shape index (κ1) is 14.7. The number of esters is 1. The molecule has 0 aromatic heterocycles. The lowest BCUT2D eigenvalue weighted by Gasteiger charge is -2.30. The molecule has 1 amide bonds. The summed E-state index contributed by atoms with van der Waals surface area (Å²) in [5, 5.41) is 2.72. The van der Waals surface area contributed by atoms with Gasteiger partial charge >= 0.3 is 12.1 Å². The Balaban J connectivity index is 4.33. The summed E-state index contributed by atoms with van der Waals surface area (Å²) in [6.07, 6.45) is 0.332. The molecule has 0 spiro atoms. The van der Waals surface area contributed by atoms with Crippen LogP contribution >= 0.6 is 0 Å². The fourth-order valence-corrected chi connectivity index (χ4v) is 1.29. The van der Waals surface area contributed by atoms with Gasteiger partial charge in [-0.1, -0.05) is 20.8 Å². The van der Waals surface area contributed by atoms with Crippen LogP contribution in [0, 0.1) is 5.41 Å². The van der Waals surface area contributed by atoms with E-state index in [4.69, 9.17) is 0 Å². The van der Waals surface area contributed by atoms with E-state index < -0.39 is 6.09 Å². The van der Waals surface area contributed by atoms with E-state index in [1.807, 2.05) is 20.8 Å². The molecule has 0 aliphatic rings. The van der Waals surface area contributed by atoms with E-state index in [1.54, 1.807) is 0 Å². The number of rotatable bonds is 4. The van der Waals surface area contributed by atoms with Crippen LogP contribution in [-0.2, 0) is 14.3 Å². The highest BCUT2D eigenvalue weighted by atomic mass is 16.5. The minimum Gasteiger partial charge on any atom is -0.469 e. The molecule has 0 aromatic rings. The van der Waals surface area contributed by atoms with Gasteiger partial charge in [-0.15, -0.1) is 0 Å². The molecule has 1 N–H and O–H groups in total. The lowest BCUT2D eigenvalue weighted by atomic mass is 9.84. The molecule has 0 aromatic carbocycles.